The second kappa shape index (κ2) is 5.48. The smallest absolute Gasteiger partial charge is 0.337 e. The van der Waals surface area contributed by atoms with Gasteiger partial charge in [-0.3, -0.25) is 4.79 Å². The Labute approximate surface area is 117 Å². The third-order valence-electron chi connectivity index (χ3n) is 3.85. The summed E-state index contributed by atoms with van der Waals surface area (Å²) in [6.07, 6.45) is 3.01. The minimum atomic E-state index is -0.992. The Kier molecular flexibility index (Phi) is 3.92. The van der Waals surface area contributed by atoms with Gasteiger partial charge >= 0.3 is 5.97 Å². The van der Waals surface area contributed by atoms with E-state index in [0.29, 0.717) is 6.54 Å². The Balaban J connectivity index is 2.29. The maximum absolute atomic E-state index is 11.4. The first-order valence-electron chi connectivity index (χ1n) is 6.66. The molecule has 2 unspecified atom stereocenters. The highest BCUT2D eigenvalue weighted by Crippen LogP contribution is 2.28. The SMILES string of the molecule is Cc1cc(C(=O)O)cnc1N1CC(C(N)=O)CCC1C. The zero-order chi connectivity index (χ0) is 14.9. The van der Waals surface area contributed by atoms with E-state index in [1.54, 1.807) is 6.07 Å². The first-order chi connectivity index (χ1) is 9.40. The van der Waals surface area contributed by atoms with Crippen molar-refractivity contribution in [1.29, 1.82) is 0 Å². The van der Waals surface area contributed by atoms with Gasteiger partial charge in [-0.1, -0.05) is 0 Å². The van der Waals surface area contributed by atoms with Crippen molar-refractivity contribution in [2.45, 2.75) is 32.7 Å². The van der Waals surface area contributed by atoms with Gasteiger partial charge in [0.2, 0.25) is 5.91 Å². The summed E-state index contributed by atoms with van der Waals surface area (Å²) in [6, 6.07) is 1.86. The van der Waals surface area contributed by atoms with Crippen LogP contribution in [0.25, 0.3) is 0 Å². The van der Waals surface area contributed by atoms with E-state index in [9.17, 15) is 9.59 Å². The van der Waals surface area contributed by atoms with Crippen LogP contribution in [0.1, 0.15) is 35.7 Å². The van der Waals surface area contributed by atoms with E-state index < -0.39 is 5.97 Å². The number of primary amides is 1. The summed E-state index contributed by atoms with van der Waals surface area (Å²) in [5.74, 6) is -0.726. The summed E-state index contributed by atoms with van der Waals surface area (Å²) < 4.78 is 0. The molecule has 6 heteroatoms. The predicted molar refractivity (Wildman–Crippen MR) is 74.7 cm³/mol. The highest BCUT2D eigenvalue weighted by atomic mass is 16.4. The first-order valence-corrected chi connectivity index (χ1v) is 6.66. The molecule has 1 fully saturated rings. The number of pyridine rings is 1. The van der Waals surface area contributed by atoms with Gasteiger partial charge in [0, 0.05) is 18.8 Å². The van der Waals surface area contributed by atoms with Crippen molar-refractivity contribution in [3.63, 3.8) is 0 Å². The number of aromatic carboxylic acids is 1. The number of rotatable bonds is 3. The number of hydrogen-bond donors (Lipinski definition) is 2. The summed E-state index contributed by atoms with van der Waals surface area (Å²) in [5, 5.41) is 8.96. The van der Waals surface area contributed by atoms with Crippen molar-refractivity contribution in [3.05, 3.63) is 23.4 Å². The van der Waals surface area contributed by atoms with Crippen LogP contribution in [0, 0.1) is 12.8 Å². The minimum Gasteiger partial charge on any atom is -0.478 e. The van der Waals surface area contributed by atoms with Gasteiger partial charge in [0.05, 0.1) is 11.5 Å². The van der Waals surface area contributed by atoms with Gasteiger partial charge in [0.15, 0.2) is 0 Å². The predicted octanol–water partition coefficient (Wildman–Crippen LogP) is 1.18. The molecule has 3 N–H and O–H groups in total. The molecule has 1 aromatic heterocycles. The van der Waals surface area contributed by atoms with E-state index in [1.165, 1.54) is 6.20 Å². The standard InChI is InChI=1S/C14H19N3O3/c1-8-5-11(14(19)20)6-16-13(8)17-7-10(12(15)18)4-3-9(17)2/h5-6,9-10H,3-4,7H2,1-2H3,(H2,15,18)(H,19,20). The average Bonchev–Trinajstić information content (AvgIpc) is 2.39. The van der Waals surface area contributed by atoms with Crippen molar-refractivity contribution in [2.75, 3.05) is 11.4 Å². The Morgan fingerprint density at radius 3 is 2.70 bits per heavy atom. The molecule has 1 aromatic rings. The van der Waals surface area contributed by atoms with Gasteiger partial charge in [-0.2, -0.15) is 0 Å². The Morgan fingerprint density at radius 2 is 2.15 bits per heavy atom. The van der Waals surface area contributed by atoms with Gasteiger partial charge in [-0.15, -0.1) is 0 Å². The van der Waals surface area contributed by atoms with Gasteiger partial charge in [0.25, 0.3) is 0 Å². The van der Waals surface area contributed by atoms with Crippen LogP contribution in [0.5, 0.6) is 0 Å². The van der Waals surface area contributed by atoms with E-state index in [-0.39, 0.29) is 23.4 Å². The summed E-state index contributed by atoms with van der Waals surface area (Å²) in [7, 11) is 0. The minimum absolute atomic E-state index is 0.169. The number of aryl methyl sites for hydroxylation is 1. The lowest BCUT2D eigenvalue weighted by molar-refractivity contribution is -0.122. The van der Waals surface area contributed by atoms with E-state index in [4.69, 9.17) is 10.8 Å². The molecule has 1 amide bonds. The molecule has 2 rings (SSSR count). The number of hydrogen-bond acceptors (Lipinski definition) is 4. The molecule has 1 aliphatic rings. The molecule has 0 saturated carbocycles. The number of carbonyl (C=O) groups excluding carboxylic acids is 1. The molecule has 6 nitrogen and oxygen atoms in total. The molecule has 2 atom stereocenters. The average molecular weight is 277 g/mol. The first kappa shape index (κ1) is 14.3. The molecule has 0 spiro atoms. The van der Waals surface area contributed by atoms with E-state index in [1.807, 2.05) is 11.8 Å². The Hall–Kier alpha value is -2.11. The Bertz CT molecular complexity index is 544. The fraction of sp³-hybridized carbons (Fsp3) is 0.500. The summed E-state index contributed by atoms with van der Waals surface area (Å²) >= 11 is 0. The van der Waals surface area contributed by atoms with Crippen LogP contribution in [0.2, 0.25) is 0 Å². The number of nitrogens with zero attached hydrogens (tertiary/aromatic N) is 2. The van der Waals surface area contributed by atoms with Crippen LogP contribution in [0.4, 0.5) is 5.82 Å². The monoisotopic (exact) mass is 277 g/mol. The fourth-order valence-electron chi connectivity index (χ4n) is 2.62. The molecule has 20 heavy (non-hydrogen) atoms. The van der Waals surface area contributed by atoms with Crippen LogP contribution in [-0.2, 0) is 4.79 Å². The van der Waals surface area contributed by atoms with Crippen LogP contribution in [-0.4, -0.2) is 34.6 Å². The zero-order valence-electron chi connectivity index (χ0n) is 11.7. The van der Waals surface area contributed by atoms with Crippen LogP contribution in [0.15, 0.2) is 12.3 Å². The summed E-state index contributed by atoms with van der Waals surface area (Å²) in [6.45, 7) is 4.44. The molecule has 1 aliphatic heterocycles. The van der Waals surface area contributed by atoms with E-state index in [2.05, 4.69) is 11.9 Å². The van der Waals surface area contributed by atoms with Gasteiger partial charge < -0.3 is 15.7 Å². The molecule has 0 aromatic carbocycles. The van der Waals surface area contributed by atoms with Crippen molar-refractivity contribution >= 4 is 17.7 Å². The summed E-state index contributed by atoms with van der Waals surface area (Å²) in [5.41, 5.74) is 6.35. The summed E-state index contributed by atoms with van der Waals surface area (Å²) in [4.78, 5) is 28.6. The number of carboxylic acid groups (broad SMARTS) is 1. The van der Waals surface area contributed by atoms with Crippen LogP contribution in [0.3, 0.4) is 0 Å². The molecular weight excluding hydrogens is 258 g/mol. The number of nitrogens with two attached hydrogens (primary N) is 1. The third kappa shape index (κ3) is 2.74. The second-order valence-corrected chi connectivity index (χ2v) is 5.35. The molecule has 0 radical (unpaired) electrons. The van der Waals surface area contributed by atoms with Gasteiger partial charge in [0.1, 0.15) is 5.82 Å². The molecule has 1 saturated heterocycles. The largest absolute Gasteiger partial charge is 0.478 e. The number of carbonyl (C=O) groups is 2. The quantitative estimate of drug-likeness (QED) is 0.864. The van der Waals surface area contributed by atoms with E-state index in [0.717, 1.165) is 24.2 Å². The third-order valence-corrected chi connectivity index (χ3v) is 3.85. The van der Waals surface area contributed by atoms with Gasteiger partial charge in [-0.25, -0.2) is 9.78 Å². The van der Waals surface area contributed by atoms with Crippen molar-refractivity contribution in [1.82, 2.24) is 4.98 Å². The lowest BCUT2D eigenvalue weighted by Gasteiger charge is -2.38. The number of carboxylic acids is 1. The van der Waals surface area contributed by atoms with Gasteiger partial charge in [-0.05, 0) is 38.3 Å². The maximum Gasteiger partial charge on any atom is 0.337 e. The van der Waals surface area contributed by atoms with Crippen molar-refractivity contribution in [2.24, 2.45) is 11.7 Å². The maximum atomic E-state index is 11.4. The lowest BCUT2D eigenvalue weighted by atomic mass is 9.92. The normalized spacial score (nSPS) is 22.6. The topological polar surface area (TPSA) is 96.5 Å². The lowest BCUT2D eigenvalue weighted by Crippen LogP contribution is -2.46. The highest BCUT2D eigenvalue weighted by Gasteiger charge is 2.30. The van der Waals surface area contributed by atoms with Crippen LogP contribution < -0.4 is 10.6 Å². The fourth-order valence-corrected chi connectivity index (χ4v) is 2.62. The zero-order valence-corrected chi connectivity index (χ0v) is 11.7. The van der Waals surface area contributed by atoms with Crippen LogP contribution >= 0.6 is 0 Å². The number of aromatic nitrogens is 1. The molecule has 0 bridgehead atoms. The second-order valence-electron chi connectivity index (χ2n) is 5.35. The molecule has 0 aliphatic carbocycles. The molecule has 2 heterocycles. The molecule has 108 valence electrons. The van der Waals surface area contributed by atoms with Crippen molar-refractivity contribution < 1.29 is 14.7 Å². The number of amides is 1. The number of piperidine rings is 1. The number of anilines is 1. The van der Waals surface area contributed by atoms with E-state index >= 15 is 0 Å². The molecular formula is C14H19N3O3. The Morgan fingerprint density at radius 1 is 1.45 bits per heavy atom. The highest BCUT2D eigenvalue weighted by molar-refractivity contribution is 5.87. The van der Waals surface area contributed by atoms with Crippen molar-refractivity contribution in [3.8, 4) is 0 Å².